The van der Waals surface area contributed by atoms with Crippen LogP contribution in [0.5, 0.6) is 0 Å². The van der Waals surface area contributed by atoms with Crippen LogP contribution in [0.4, 0.5) is 23.7 Å². The van der Waals surface area contributed by atoms with E-state index in [1.165, 1.54) is 12.1 Å². The zero-order valence-corrected chi connectivity index (χ0v) is 14.0. The summed E-state index contributed by atoms with van der Waals surface area (Å²) in [6, 6.07) is 10.7. The van der Waals surface area contributed by atoms with Crippen LogP contribution in [0.15, 0.2) is 48.7 Å². The first-order valence-corrected chi connectivity index (χ1v) is 8.29. The second-order valence-electron chi connectivity index (χ2n) is 5.97. The number of halogens is 3. The average Bonchev–Trinajstić information content (AvgIpc) is 2.66. The number of pyridine rings is 1. The summed E-state index contributed by atoms with van der Waals surface area (Å²) in [5.41, 5.74) is 0.264. The number of para-hydroxylation sites is 1. The quantitative estimate of drug-likeness (QED) is 0.910. The molecular weight excluding hydrogens is 345 g/mol. The fraction of sp³-hybridized carbons (Fsp3) is 0.333. The van der Waals surface area contributed by atoms with Crippen LogP contribution in [-0.2, 0) is 12.7 Å². The smallest absolute Gasteiger partial charge is 0.367 e. The Kier molecular flexibility index (Phi) is 5.29. The number of carbonyl (C=O) groups excluding carboxylic acids is 1. The highest BCUT2D eigenvalue weighted by atomic mass is 19.4. The van der Waals surface area contributed by atoms with Crippen molar-refractivity contribution in [3.63, 3.8) is 0 Å². The molecule has 3 rings (SSSR count). The Bertz CT molecular complexity index is 744. The van der Waals surface area contributed by atoms with Crippen molar-refractivity contribution in [1.82, 2.24) is 15.2 Å². The number of nitrogens with zero attached hydrogens (tertiary/aromatic N) is 3. The van der Waals surface area contributed by atoms with Gasteiger partial charge in [-0.25, -0.2) is 4.79 Å². The van der Waals surface area contributed by atoms with Gasteiger partial charge in [0.05, 0.1) is 17.8 Å². The predicted octanol–water partition coefficient (Wildman–Crippen LogP) is 3.13. The third kappa shape index (κ3) is 4.25. The van der Waals surface area contributed by atoms with E-state index >= 15 is 0 Å². The molecule has 0 atom stereocenters. The summed E-state index contributed by atoms with van der Waals surface area (Å²) in [4.78, 5) is 19.6. The monoisotopic (exact) mass is 364 g/mol. The Hall–Kier alpha value is -2.77. The number of amides is 2. The van der Waals surface area contributed by atoms with Gasteiger partial charge in [-0.15, -0.1) is 0 Å². The van der Waals surface area contributed by atoms with Crippen LogP contribution >= 0.6 is 0 Å². The first-order valence-electron chi connectivity index (χ1n) is 8.29. The number of anilines is 1. The highest BCUT2D eigenvalue weighted by Crippen LogP contribution is 2.36. The summed E-state index contributed by atoms with van der Waals surface area (Å²) in [5.74, 6) is 0. The first kappa shape index (κ1) is 18.0. The molecule has 1 N–H and O–H groups in total. The first-order chi connectivity index (χ1) is 12.4. The lowest BCUT2D eigenvalue weighted by molar-refractivity contribution is -0.137. The summed E-state index contributed by atoms with van der Waals surface area (Å²) >= 11 is 0. The number of hydrogen-bond donors (Lipinski definition) is 1. The molecule has 1 fully saturated rings. The van der Waals surface area contributed by atoms with E-state index in [0.29, 0.717) is 32.7 Å². The molecule has 1 aromatic carbocycles. The van der Waals surface area contributed by atoms with Gasteiger partial charge in [-0.1, -0.05) is 18.2 Å². The largest absolute Gasteiger partial charge is 0.418 e. The molecule has 0 bridgehead atoms. The molecule has 0 spiro atoms. The second-order valence-corrected chi connectivity index (χ2v) is 5.97. The van der Waals surface area contributed by atoms with E-state index in [1.807, 2.05) is 12.1 Å². The minimum absolute atomic E-state index is 0.161. The minimum Gasteiger partial charge on any atom is -0.367 e. The normalized spacial score (nSPS) is 15.0. The fourth-order valence-corrected chi connectivity index (χ4v) is 2.92. The molecule has 26 heavy (non-hydrogen) atoms. The molecule has 2 heterocycles. The number of benzene rings is 1. The Morgan fingerprint density at radius 1 is 1.04 bits per heavy atom. The van der Waals surface area contributed by atoms with Crippen LogP contribution in [0.2, 0.25) is 0 Å². The Labute approximate surface area is 149 Å². The van der Waals surface area contributed by atoms with Gasteiger partial charge in [-0.2, -0.15) is 13.2 Å². The SMILES string of the molecule is O=C(NCc1ccccn1)N1CCN(c2ccccc2C(F)(F)F)CC1. The van der Waals surface area contributed by atoms with E-state index in [2.05, 4.69) is 10.3 Å². The van der Waals surface area contributed by atoms with Crippen molar-refractivity contribution < 1.29 is 18.0 Å². The molecule has 8 heteroatoms. The zero-order valence-electron chi connectivity index (χ0n) is 14.0. The van der Waals surface area contributed by atoms with E-state index in [9.17, 15) is 18.0 Å². The number of urea groups is 1. The number of hydrogen-bond acceptors (Lipinski definition) is 3. The minimum atomic E-state index is -4.40. The highest BCUT2D eigenvalue weighted by Gasteiger charge is 2.35. The third-order valence-corrected chi connectivity index (χ3v) is 4.26. The maximum atomic E-state index is 13.2. The molecule has 0 saturated carbocycles. The lowest BCUT2D eigenvalue weighted by Gasteiger charge is -2.37. The van der Waals surface area contributed by atoms with Crippen molar-refractivity contribution >= 4 is 11.7 Å². The second kappa shape index (κ2) is 7.63. The summed E-state index contributed by atoms with van der Waals surface area (Å²) in [7, 11) is 0. The van der Waals surface area contributed by atoms with Gasteiger partial charge in [-0.3, -0.25) is 4.98 Å². The van der Waals surface area contributed by atoms with Crippen LogP contribution in [0.1, 0.15) is 11.3 Å². The van der Waals surface area contributed by atoms with E-state index in [1.54, 1.807) is 28.1 Å². The lowest BCUT2D eigenvalue weighted by atomic mass is 10.1. The molecule has 1 aliphatic heterocycles. The maximum Gasteiger partial charge on any atom is 0.418 e. The summed E-state index contributed by atoms with van der Waals surface area (Å²) in [6.07, 6.45) is -2.74. The van der Waals surface area contributed by atoms with Gasteiger partial charge in [-0.05, 0) is 24.3 Å². The topological polar surface area (TPSA) is 48.5 Å². The van der Waals surface area contributed by atoms with Crippen molar-refractivity contribution in [2.24, 2.45) is 0 Å². The third-order valence-electron chi connectivity index (χ3n) is 4.26. The van der Waals surface area contributed by atoms with Crippen molar-refractivity contribution in [1.29, 1.82) is 0 Å². The molecule has 0 aliphatic carbocycles. The van der Waals surface area contributed by atoms with Gasteiger partial charge < -0.3 is 15.1 Å². The summed E-state index contributed by atoms with van der Waals surface area (Å²) in [5, 5.41) is 2.78. The number of rotatable bonds is 3. The van der Waals surface area contributed by atoms with Crippen molar-refractivity contribution in [3.05, 3.63) is 59.9 Å². The van der Waals surface area contributed by atoms with E-state index in [-0.39, 0.29) is 11.7 Å². The maximum absolute atomic E-state index is 13.2. The van der Waals surface area contributed by atoms with Crippen molar-refractivity contribution in [2.75, 3.05) is 31.1 Å². The average molecular weight is 364 g/mol. The number of nitrogens with one attached hydrogen (secondary N) is 1. The van der Waals surface area contributed by atoms with E-state index in [0.717, 1.165) is 11.8 Å². The van der Waals surface area contributed by atoms with Gasteiger partial charge >= 0.3 is 12.2 Å². The molecule has 0 radical (unpaired) electrons. The van der Waals surface area contributed by atoms with Crippen LogP contribution in [0.25, 0.3) is 0 Å². The van der Waals surface area contributed by atoms with Gasteiger partial charge in [0.1, 0.15) is 0 Å². The fourth-order valence-electron chi connectivity index (χ4n) is 2.92. The number of carbonyl (C=O) groups is 1. The molecule has 138 valence electrons. The molecule has 0 unspecified atom stereocenters. The lowest BCUT2D eigenvalue weighted by Crippen LogP contribution is -2.52. The van der Waals surface area contributed by atoms with Crippen LogP contribution in [0.3, 0.4) is 0 Å². The van der Waals surface area contributed by atoms with Crippen molar-refractivity contribution in [2.45, 2.75) is 12.7 Å². The molecular formula is C18H19F3N4O. The van der Waals surface area contributed by atoms with Crippen LogP contribution in [0, 0.1) is 0 Å². The predicted molar refractivity (Wildman–Crippen MR) is 91.7 cm³/mol. The van der Waals surface area contributed by atoms with Gasteiger partial charge in [0.25, 0.3) is 0 Å². The number of piperazine rings is 1. The number of aromatic nitrogens is 1. The van der Waals surface area contributed by atoms with E-state index in [4.69, 9.17) is 0 Å². The van der Waals surface area contributed by atoms with Crippen LogP contribution < -0.4 is 10.2 Å². The van der Waals surface area contributed by atoms with E-state index < -0.39 is 11.7 Å². The number of alkyl halides is 3. The van der Waals surface area contributed by atoms with Gasteiger partial charge in [0.2, 0.25) is 0 Å². The summed E-state index contributed by atoms with van der Waals surface area (Å²) < 4.78 is 39.5. The molecule has 2 amide bonds. The van der Waals surface area contributed by atoms with Crippen molar-refractivity contribution in [3.8, 4) is 0 Å². The Morgan fingerprint density at radius 2 is 1.73 bits per heavy atom. The molecule has 2 aromatic rings. The summed E-state index contributed by atoms with van der Waals surface area (Å²) in [6.45, 7) is 1.74. The molecule has 1 saturated heterocycles. The Balaban J connectivity index is 1.57. The molecule has 1 aromatic heterocycles. The highest BCUT2D eigenvalue weighted by molar-refractivity contribution is 5.74. The van der Waals surface area contributed by atoms with Gasteiger partial charge in [0, 0.05) is 38.1 Å². The zero-order chi connectivity index (χ0) is 18.6. The standard InChI is InChI=1S/C18H19F3N4O/c19-18(20,21)15-6-1-2-7-16(15)24-9-11-25(12-10-24)17(26)23-13-14-5-3-4-8-22-14/h1-8H,9-13H2,(H,23,26). The molecule has 1 aliphatic rings. The van der Waals surface area contributed by atoms with Crippen LogP contribution in [-0.4, -0.2) is 42.1 Å². The van der Waals surface area contributed by atoms with Gasteiger partial charge in [0.15, 0.2) is 0 Å². The Morgan fingerprint density at radius 3 is 2.38 bits per heavy atom. The molecule has 5 nitrogen and oxygen atoms in total.